The fourth-order valence-corrected chi connectivity index (χ4v) is 4.91. The van der Waals surface area contributed by atoms with Gasteiger partial charge in [-0.1, -0.05) is 108 Å². The van der Waals surface area contributed by atoms with Crippen LogP contribution in [0.5, 0.6) is 0 Å². The third-order valence-corrected chi connectivity index (χ3v) is 7.15. The van der Waals surface area contributed by atoms with Crippen molar-refractivity contribution in [2.24, 2.45) is 5.10 Å². The molecule has 5 rings (SSSR count). The molecule has 184 valence electrons. The number of thioether (sulfide) groups is 1. The summed E-state index contributed by atoms with van der Waals surface area (Å²) in [6.45, 7) is 4.67. The Labute approximate surface area is 221 Å². The van der Waals surface area contributed by atoms with Gasteiger partial charge in [-0.15, -0.1) is 0 Å². The highest BCUT2D eigenvalue weighted by molar-refractivity contribution is 7.99. The number of hydrazone groups is 1. The molecule has 0 aliphatic heterocycles. The van der Waals surface area contributed by atoms with Crippen molar-refractivity contribution in [2.45, 2.75) is 25.5 Å². The van der Waals surface area contributed by atoms with Crippen molar-refractivity contribution >= 4 is 34.4 Å². The summed E-state index contributed by atoms with van der Waals surface area (Å²) in [4.78, 5) is 17.4. The number of nitrogens with one attached hydrogen (secondary N) is 1. The topological polar surface area (TPSA) is 59.3 Å². The standard InChI is InChI=1S/C31H28N4OS/c1-22-12-14-24(15-13-22)20-35-29-11-7-6-10-28(29)32-31(35)37-21-30(36)34-33-23(2)25-16-18-27(19-17-25)26-8-4-3-5-9-26/h3-19H,20-21H2,1-2H3,(H,34,36). The number of imidazole rings is 1. The van der Waals surface area contributed by atoms with E-state index in [1.54, 1.807) is 0 Å². The number of hydrogen-bond donors (Lipinski definition) is 1. The van der Waals surface area contributed by atoms with Gasteiger partial charge < -0.3 is 4.57 Å². The first kappa shape index (κ1) is 24.5. The lowest BCUT2D eigenvalue weighted by molar-refractivity contribution is -0.118. The highest BCUT2D eigenvalue weighted by Crippen LogP contribution is 2.25. The number of carbonyl (C=O) groups is 1. The first-order valence-electron chi connectivity index (χ1n) is 12.2. The summed E-state index contributed by atoms with van der Waals surface area (Å²) < 4.78 is 2.17. The van der Waals surface area contributed by atoms with Crippen LogP contribution in [-0.2, 0) is 11.3 Å². The van der Waals surface area contributed by atoms with Gasteiger partial charge in [-0.2, -0.15) is 5.10 Å². The number of rotatable bonds is 8. The molecule has 0 spiro atoms. The molecule has 4 aromatic carbocycles. The molecule has 0 unspecified atom stereocenters. The highest BCUT2D eigenvalue weighted by atomic mass is 32.2. The minimum absolute atomic E-state index is 0.167. The maximum Gasteiger partial charge on any atom is 0.250 e. The van der Waals surface area contributed by atoms with Crippen molar-refractivity contribution in [2.75, 3.05) is 5.75 Å². The van der Waals surface area contributed by atoms with Crippen LogP contribution in [0.4, 0.5) is 0 Å². The molecule has 0 aliphatic rings. The molecular formula is C31H28N4OS. The third-order valence-electron chi connectivity index (χ3n) is 6.17. The molecule has 0 radical (unpaired) electrons. The van der Waals surface area contributed by atoms with Gasteiger partial charge in [0.2, 0.25) is 0 Å². The van der Waals surface area contributed by atoms with Gasteiger partial charge in [0.25, 0.3) is 5.91 Å². The second-order valence-electron chi connectivity index (χ2n) is 8.92. The predicted molar refractivity (Wildman–Crippen MR) is 153 cm³/mol. The van der Waals surface area contributed by atoms with Crippen LogP contribution in [0.25, 0.3) is 22.2 Å². The number of amides is 1. The monoisotopic (exact) mass is 504 g/mol. The lowest BCUT2D eigenvalue weighted by Gasteiger charge is -2.09. The third kappa shape index (κ3) is 5.98. The van der Waals surface area contributed by atoms with Crippen molar-refractivity contribution in [1.82, 2.24) is 15.0 Å². The SMILES string of the molecule is CC(=NNC(=O)CSc1nc2ccccc2n1Cc1ccc(C)cc1)c1ccc(-c2ccccc2)cc1. The highest BCUT2D eigenvalue weighted by Gasteiger charge is 2.13. The summed E-state index contributed by atoms with van der Waals surface area (Å²) in [5.74, 6) is 0.0557. The van der Waals surface area contributed by atoms with Crippen molar-refractivity contribution in [3.63, 3.8) is 0 Å². The molecule has 1 amide bonds. The molecule has 6 heteroatoms. The number of nitrogens with zero attached hydrogens (tertiary/aromatic N) is 3. The molecule has 0 saturated heterocycles. The van der Waals surface area contributed by atoms with Crippen LogP contribution in [0.1, 0.15) is 23.6 Å². The number of benzene rings is 4. The van der Waals surface area contributed by atoms with Gasteiger partial charge in [0.1, 0.15) is 0 Å². The summed E-state index contributed by atoms with van der Waals surface area (Å²) >= 11 is 1.42. The summed E-state index contributed by atoms with van der Waals surface area (Å²) in [6, 6.07) is 35.0. The van der Waals surface area contributed by atoms with E-state index in [0.29, 0.717) is 6.54 Å². The average Bonchev–Trinajstić information content (AvgIpc) is 3.29. The molecule has 1 aromatic heterocycles. The van der Waals surface area contributed by atoms with Crippen molar-refractivity contribution in [3.8, 4) is 11.1 Å². The van der Waals surface area contributed by atoms with E-state index >= 15 is 0 Å². The zero-order valence-corrected chi connectivity index (χ0v) is 21.7. The minimum Gasteiger partial charge on any atom is -0.314 e. The van der Waals surface area contributed by atoms with Crippen LogP contribution in [-0.4, -0.2) is 26.9 Å². The van der Waals surface area contributed by atoms with E-state index in [9.17, 15) is 4.79 Å². The largest absolute Gasteiger partial charge is 0.314 e. The van der Waals surface area contributed by atoms with Crippen molar-refractivity contribution in [1.29, 1.82) is 0 Å². The van der Waals surface area contributed by atoms with Crippen molar-refractivity contribution in [3.05, 3.63) is 120 Å². The van der Waals surface area contributed by atoms with Gasteiger partial charge >= 0.3 is 0 Å². The number of aromatic nitrogens is 2. The number of carbonyl (C=O) groups excluding carboxylic acids is 1. The van der Waals surface area contributed by atoms with Gasteiger partial charge in [-0.3, -0.25) is 4.79 Å². The van der Waals surface area contributed by atoms with E-state index in [4.69, 9.17) is 4.98 Å². The van der Waals surface area contributed by atoms with E-state index in [0.717, 1.165) is 33.0 Å². The normalized spacial score (nSPS) is 11.6. The summed E-state index contributed by atoms with van der Waals surface area (Å²) in [6.07, 6.45) is 0. The van der Waals surface area contributed by atoms with Crippen LogP contribution >= 0.6 is 11.8 Å². The number of aryl methyl sites for hydroxylation is 1. The summed E-state index contributed by atoms with van der Waals surface area (Å²) in [7, 11) is 0. The van der Waals surface area contributed by atoms with Gasteiger partial charge in [0.15, 0.2) is 5.16 Å². The van der Waals surface area contributed by atoms with Crippen LogP contribution in [0.15, 0.2) is 113 Å². The van der Waals surface area contributed by atoms with Gasteiger partial charge in [-0.05, 0) is 48.2 Å². The van der Waals surface area contributed by atoms with E-state index in [-0.39, 0.29) is 11.7 Å². The Bertz CT molecular complexity index is 1540. The Hall–Kier alpha value is -4.16. The number of para-hydroxylation sites is 2. The average molecular weight is 505 g/mol. The Balaban J connectivity index is 1.24. The zero-order valence-electron chi connectivity index (χ0n) is 20.9. The quantitative estimate of drug-likeness (QED) is 0.145. The second-order valence-corrected chi connectivity index (χ2v) is 9.86. The van der Waals surface area contributed by atoms with E-state index in [2.05, 4.69) is 76.6 Å². The van der Waals surface area contributed by atoms with E-state index < -0.39 is 0 Å². The molecule has 0 atom stereocenters. The molecule has 0 bridgehead atoms. The lowest BCUT2D eigenvalue weighted by atomic mass is 10.0. The molecule has 0 aliphatic carbocycles. The molecule has 1 heterocycles. The lowest BCUT2D eigenvalue weighted by Crippen LogP contribution is -2.21. The summed E-state index contributed by atoms with van der Waals surface area (Å²) in [5.41, 5.74) is 11.1. The Kier molecular flexibility index (Phi) is 7.47. The second kappa shape index (κ2) is 11.3. The molecule has 0 saturated carbocycles. The van der Waals surface area contributed by atoms with E-state index in [1.807, 2.05) is 55.5 Å². The molecule has 37 heavy (non-hydrogen) atoms. The molecule has 0 fully saturated rings. The molecular weight excluding hydrogens is 476 g/mol. The van der Waals surface area contributed by atoms with Crippen LogP contribution < -0.4 is 5.43 Å². The zero-order chi connectivity index (χ0) is 25.6. The first-order valence-corrected chi connectivity index (χ1v) is 13.2. The van der Waals surface area contributed by atoms with Gasteiger partial charge in [0.05, 0.1) is 29.0 Å². The van der Waals surface area contributed by atoms with Crippen LogP contribution in [0.3, 0.4) is 0 Å². The fraction of sp³-hybridized carbons (Fsp3) is 0.129. The van der Waals surface area contributed by atoms with Gasteiger partial charge in [-0.25, -0.2) is 10.4 Å². The Morgan fingerprint density at radius 2 is 1.54 bits per heavy atom. The van der Waals surface area contributed by atoms with Crippen LogP contribution in [0, 0.1) is 6.92 Å². The fourth-order valence-electron chi connectivity index (χ4n) is 4.10. The first-order chi connectivity index (χ1) is 18.1. The molecule has 5 nitrogen and oxygen atoms in total. The minimum atomic E-state index is -0.167. The maximum atomic E-state index is 12.6. The Morgan fingerprint density at radius 1 is 0.865 bits per heavy atom. The van der Waals surface area contributed by atoms with E-state index in [1.165, 1.54) is 28.5 Å². The van der Waals surface area contributed by atoms with Crippen LogP contribution in [0.2, 0.25) is 0 Å². The number of fused-ring (bicyclic) bond motifs is 1. The summed E-state index contributed by atoms with van der Waals surface area (Å²) in [5, 5.41) is 5.14. The number of hydrogen-bond acceptors (Lipinski definition) is 4. The smallest absolute Gasteiger partial charge is 0.250 e. The molecule has 1 N–H and O–H groups in total. The maximum absolute atomic E-state index is 12.6. The van der Waals surface area contributed by atoms with Gasteiger partial charge in [0, 0.05) is 0 Å². The molecule has 5 aromatic rings. The van der Waals surface area contributed by atoms with Crippen molar-refractivity contribution < 1.29 is 4.79 Å². The Morgan fingerprint density at radius 3 is 2.30 bits per heavy atom. The predicted octanol–water partition coefficient (Wildman–Crippen LogP) is 6.69.